The van der Waals surface area contributed by atoms with Crippen LogP contribution in [0, 0.1) is 10.1 Å². The lowest BCUT2D eigenvalue weighted by atomic mass is 10.4. The molecule has 6 heteroatoms. The van der Waals surface area contributed by atoms with Gasteiger partial charge in [0.05, 0.1) is 0 Å². The van der Waals surface area contributed by atoms with Crippen LogP contribution in [0.2, 0.25) is 0 Å². The summed E-state index contributed by atoms with van der Waals surface area (Å²) in [6, 6.07) is -2.46. The van der Waals surface area contributed by atoms with E-state index >= 15 is 0 Å². The van der Waals surface area contributed by atoms with Gasteiger partial charge in [0.2, 0.25) is 0 Å². The molecule has 1 atom stereocenters. The zero-order chi connectivity index (χ0) is 7.65. The van der Waals surface area contributed by atoms with Gasteiger partial charge in [-0.3, -0.25) is 10.1 Å². The van der Waals surface area contributed by atoms with Gasteiger partial charge in [-0.05, 0) is 0 Å². The van der Waals surface area contributed by atoms with Gasteiger partial charge >= 0.3 is 12.2 Å². The highest BCUT2D eigenvalue weighted by molar-refractivity contribution is 4.57. The van der Waals surface area contributed by atoms with Crippen LogP contribution in [-0.4, -0.2) is 17.1 Å². The summed E-state index contributed by atoms with van der Waals surface area (Å²) in [5, 5.41) is 9.43. The molecule has 1 unspecified atom stereocenters. The van der Waals surface area contributed by atoms with Crippen molar-refractivity contribution in [3.63, 3.8) is 0 Å². The van der Waals surface area contributed by atoms with E-state index in [0.29, 0.717) is 6.92 Å². The molecule has 0 N–H and O–H groups in total. The third-order valence-corrected chi connectivity index (χ3v) is 0.790. The summed E-state index contributed by atoms with van der Waals surface area (Å²) < 4.78 is 33.8. The second-order valence-electron chi connectivity index (χ2n) is 1.50. The topological polar surface area (TPSA) is 43.1 Å². The number of alkyl halides is 3. The smallest absolute Gasteiger partial charge is 0.264 e. The SMILES string of the molecule is CC([N+](=O)[O-])C(F)(F)F. The van der Waals surface area contributed by atoms with Gasteiger partial charge in [-0.25, -0.2) is 0 Å². The van der Waals surface area contributed by atoms with Crippen molar-refractivity contribution in [2.45, 2.75) is 19.1 Å². The Balaban J connectivity index is 4.04. The fraction of sp³-hybridized carbons (Fsp3) is 1.00. The van der Waals surface area contributed by atoms with Gasteiger partial charge < -0.3 is 0 Å². The Morgan fingerprint density at radius 1 is 1.56 bits per heavy atom. The summed E-state index contributed by atoms with van der Waals surface area (Å²) in [6.07, 6.45) is -4.72. The molecular formula is C3H4F3NO2. The largest absolute Gasteiger partial charge is 0.457 e. The summed E-state index contributed by atoms with van der Waals surface area (Å²) in [6.45, 7) is 0.500. The Morgan fingerprint density at radius 3 is 1.89 bits per heavy atom. The minimum absolute atomic E-state index is 0.500. The van der Waals surface area contributed by atoms with Crippen molar-refractivity contribution in [1.82, 2.24) is 0 Å². The van der Waals surface area contributed by atoms with Crippen molar-refractivity contribution in [3.8, 4) is 0 Å². The molecule has 0 aliphatic heterocycles. The molecule has 0 bridgehead atoms. The van der Waals surface area contributed by atoms with Crippen molar-refractivity contribution in [2.24, 2.45) is 0 Å². The maximum Gasteiger partial charge on any atom is 0.457 e. The molecule has 0 spiro atoms. The second-order valence-corrected chi connectivity index (χ2v) is 1.50. The van der Waals surface area contributed by atoms with Crippen LogP contribution in [0.5, 0.6) is 0 Å². The molecule has 0 amide bonds. The van der Waals surface area contributed by atoms with Crippen molar-refractivity contribution < 1.29 is 18.1 Å². The normalized spacial score (nSPS) is 15.1. The molecule has 0 saturated heterocycles. The minimum atomic E-state index is -4.72. The lowest BCUT2D eigenvalue weighted by Crippen LogP contribution is -2.32. The average Bonchev–Trinajstić information content (AvgIpc) is 1.62. The van der Waals surface area contributed by atoms with Crippen LogP contribution >= 0.6 is 0 Å². The van der Waals surface area contributed by atoms with Crippen molar-refractivity contribution >= 4 is 0 Å². The van der Waals surface area contributed by atoms with Crippen LogP contribution in [0.3, 0.4) is 0 Å². The zero-order valence-corrected chi connectivity index (χ0v) is 4.47. The maximum atomic E-state index is 11.3. The van der Waals surface area contributed by atoms with Crippen molar-refractivity contribution in [3.05, 3.63) is 10.1 Å². The van der Waals surface area contributed by atoms with E-state index in [1.807, 2.05) is 0 Å². The van der Waals surface area contributed by atoms with Gasteiger partial charge in [0, 0.05) is 11.8 Å². The van der Waals surface area contributed by atoms with E-state index in [1.165, 1.54) is 0 Å². The molecule has 0 fully saturated rings. The van der Waals surface area contributed by atoms with E-state index in [4.69, 9.17) is 0 Å². The van der Waals surface area contributed by atoms with Gasteiger partial charge in [-0.2, -0.15) is 13.2 Å². The number of hydrogen-bond donors (Lipinski definition) is 0. The van der Waals surface area contributed by atoms with Crippen molar-refractivity contribution in [2.75, 3.05) is 0 Å². The Hall–Kier alpha value is -0.810. The van der Waals surface area contributed by atoms with Gasteiger partial charge in [0.1, 0.15) is 0 Å². The molecule has 0 aliphatic carbocycles. The Kier molecular flexibility index (Phi) is 2.00. The molecule has 0 radical (unpaired) electrons. The average molecular weight is 143 g/mol. The van der Waals surface area contributed by atoms with E-state index in [1.54, 1.807) is 0 Å². The lowest BCUT2D eigenvalue weighted by molar-refractivity contribution is -0.558. The molecule has 54 valence electrons. The fourth-order valence-corrected chi connectivity index (χ4v) is 0.120. The quantitative estimate of drug-likeness (QED) is 0.409. The first-order valence-electron chi connectivity index (χ1n) is 2.06. The summed E-state index contributed by atoms with van der Waals surface area (Å²) in [5.41, 5.74) is 0. The van der Waals surface area contributed by atoms with Gasteiger partial charge in [0.25, 0.3) is 0 Å². The zero-order valence-electron chi connectivity index (χ0n) is 4.47. The number of rotatable bonds is 1. The van der Waals surface area contributed by atoms with Crippen LogP contribution in [0.15, 0.2) is 0 Å². The molecule has 0 aliphatic rings. The van der Waals surface area contributed by atoms with E-state index in [-0.39, 0.29) is 0 Å². The highest BCUT2D eigenvalue weighted by Gasteiger charge is 2.45. The molecule has 0 aromatic rings. The Labute approximate surface area is 48.6 Å². The Bertz CT molecular complexity index is 121. The number of halogens is 3. The predicted octanol–water partition coefficient (Wildman–Crippen LogP) is 1.21. The van der Waals surface area contributed by atoms with Gasteiger partial charge in [-0.15, -0.1) is 0 Å². The van der Waals surface area contributed by atoms with E-state index in [2.05, 4.69) is 0 Å². The Morgan fingerprint density at radius 2 is 1.89 bits per heavy atom. The maximum absolute atomic E-state index is 11.3. The first-order valence-corrected chi connectivity index (χ1v) is 2.06. The molecule has 3 nitrogen and oxygen atoms in total. The van der Waals surface area contributed by atoms with E-state index < -0.39 is 17.1 Å². The molecule has 0 saturated carbocycles. The highest BCUT2D eigenvalue weighted by Crippen LogP contribution is 2.21. The van der Waals surface area contributed by atoms with Crippen molar-refractivity contribution in [1.29, 1.82) is 0 Å². The number of nitrogens with zero attached hydrogens (tertiary/aromatic N) is 1. The van der Waals surface area contributed by atoms with Crippen LogP contribution in [0.1, 0.15) is 6.92 Å². The van der Waals surface area contributed by atoms with E-state index in [9.17, 15) is 23.3 Å². The molecule has 0 heterocycles. The molecule has 0 aromatic heterocycles. The van der Waals surface area contributed by atoms with Crippen LogP contribution < -0.4 is 0 Å². The molecule has 0 aromatic carbocycles. The summed E-state index contributed by atoms with van der Waals surface area (Å²) in [4.78, 5) is 8.06. The first-order chi connectivity index (χ1) is 3.85. The summed E-state index contributed by atoms with van der Waals surface area (Å²) >= 11 is 0. The van der Waals surface area contributed by atoms with Gasteiger partial charge in [0.15, 0.2) is 0 Å². The van der Waals surface area contributed by atoms with Crippen LogP contribution in [0.25, 0.3) is 0 Å². The predicted molar refractivity (Wildman–Crippen MR) is 22.5 cm³/mol. The monoisotopic (exact) mass is 143 g/mol. The standard InChI is InChI=1S/C3H4F3NO2/c1-2(7(8)9)3(4,5)6/h2H,1H3. The summed E-state index contributed by atoms with van der Waals surface area (Å²) in [7, 11) is 0. The number of hydrogen-bond acceptors (Lipinski definition) is 2. The highest BCUT2D eigenvalue weighted by atomic mass is 19.4. The molecular weight excluding hydrogens is 139 g/mol. The molecule has 9 heavy (non-hydrogen) atoms. The van der Waals surface area contributed by atoms with E-state index in [0.717, 1.165) is 0 Å². The van der Waals surface area contributed by atoms with Crippen LogP contribution in [-0.2, 0) is 0 Å². The second kappa shape index (κ2) is 2.20. The van der Waals surface area contributed by atoms with Crippen LogP contribution in [0.4, 0.5) is 13.2 Å². The van der Waals surface area contributed by atoms with Gasteiger partial charge in [-0.1, -0.05) is 0 Å². The minimum Gasteiger partial charge on any atom is -0.264 e. The third kappa shape index (κ3) is 2.29. The molecule has 0 rings (SSSR count). The summed E-state index contributed by atoms with van der Waals surface area (Å²) in [5.74, 6) is 0. The first kappa shape index (κ1) is 8.19. The fourth-order valence-electron chi connectivity index (χ4n) is 0.120. The number of nitro groups is 1. The lowest BCUT2D eigenvalue weighted by Gasteiger charge is -2.05. The third-order valence-electron chi connectivity index (χ3n) is 0.790.